The highest BCUT2D eigenvalue weighted by atomic mass is 79.9. The van der Waals surface area contributed by atoms with Gasteiger partial charge in [0, 0.05) is 16.0 Å². The van der Waals surface area contributed by atoms with Gasteiger partial charge in [-0.2, -0.15) is 0 Å². The molecule has 0 aliphatic carbocycles. The van der Waals surface area contributed by atoms with Gasteiger partial charge in [0.05, 0.1) is 0 Å². The van der Waals surface area contributed by atoms with E-state index in [1.54, 1.807) is 0 Å². The molecule has 10 heteroatoms. The predicted molar refractivity (Wildman–Crippen MR) is 104 cm³/mol. The molecule has 3 nitrogen and oxygen atoms in total. The molecule has 116 valence electrons. The Bertz CT molecular complexity index is 234. The van der Waals surface area contributed by atoms with Crippen LogP contribution in [0.25, 0.3) is 0 Å². The van der Waals surface area contributed by atoms with Crippen LogP contribution in [0, 0.1) is 0 Å². The van der Waals surface area contributed by atoms with E-state index in [1.807, 2.05) is 20.8 Å². The molecule has 3 atom stereocenters. The number of halogens is 6. The van der Waals surface area contributed by atoms with Crippen molar-refractivity contribution in [2.45, 2.75) is 34.3 Å². The smallest absolute Gasteiger partial charge is 0.293 e. The van der Waals surface area contributed by atoms with Gasteiger partial charge in [-0.05, 0) is 20.8 Å². The van der Waals surface area contributed by atoms with Crippen molar-refractivity contribution in [3.63, 3.8) is 0 Å². The largest absolute Gasteiger partial charge is 0.336 e. The van der Waals surface area contributed by atoms with Crippen LogP contribution < -0.4 is 0 Å². The van der Waals surface area contributed by atoms with Crippen LogP contribution in [-0.2, 0) is 13.6 Å². The summed E-state index contributed by atoms with van der Waals surface area (Å²) in [5.74, 6) is 0. The zero-order valence-corrected chi connectivity index (χ0v) is 21.0. The number of hydrogen-bond acceptors (Lipinski definition) is 3. The van der Waals surface area contributed by atoms with E-state index < -0.39 is 22.1 Å². The van der Waals surface area contributed by atoms with E-state index in [0.29, 0.717) is 16.0 Å². The van der Waals surface area contributed by atoms with E-state index in [1.165, 1.54) is 0 Å². The van der Waals surface area contributed by atoms with Crippen molar-refractivity contribution in [3.05, 3.63) is 0 Å². The summed E-state index contributed by atoms with van der Waals surface area (Å²) in [5.41, 5.74) is 0. The van der Waals surface area contributed by atoms with Gasteiger partial charge >= 0.3 is 8.60 Å². The third-order valence-electron chi connectivity index (χ3n) is 1.51. The Morgan fingerprint density at radius 3 is 1.05 bits per heavy atom. The molecule has 0 aliphatic rings. The molecule has 0 aromatic rings. The van der Waals surface area contributed by atoms with E-state index in [2.05, 4.69) is 95.6 Å². The van der Waals surface area contributed by atoms with Gasteiger partial charge in [0.15, 0.2) is 0 Å². The average Bonchev–Trinajstić information content (AvgIpc) is 2.27. The fraction of sp³-hybridized carbons (Fsp3) is 1.00. The second kappa shape index (κ2) is 9.48. The fourth-order valence-electron chi connectivity index (χ4n) is 0.595. The van der Waals surface area contributed by atoms with Gasteiger partial charge in [-0.25, -0.2) is 0 Å². The first-order valence-corrected chi connectivity index (χ1v) is 11.9. The lowest BCUT2D eigenvalue weighted by atomic mass is 10.5. The number of hydrogen-bond donors (Lipinski definition) is 0. The second-order valence-electron chi connectivity index (χ2n) is 4.20. The molecule has 0 aromatic heterocycles. The molecule has 0 saturated heterocycles. The third kappa shape index (κ3) is 10.6. The molecule has 0 aromatic carbocycles. The minimum Gasteiger partial charge on any atom is -0.293 e. The summed E-state index contributed by atoms with van der Waals surface area (Å²) < 4.78 is 15.9. The number of alkyl halides is 6. The summed E-state index contributed by atoms with van der Waals surface area (Å²) in [7, 11) is -1.57. The molecule has 0 aliphatic heterocycles. The molecule has 0 spiro atoms. The quantitative estimate of drug-likeness (QED) is 0.199. The van der Waals surface area contributed by atoms with Gasteiger partial charge in [0.1, 0.15) is 13.5 Å². The maximum absolute atomic E-state index is 5.85. The molecular weight excluding hydrogens is 666 g/mol. The van der Waals surface area contributed by atoms with Crippen molar-refractivity contribution in [3.8, 4) is 0 Å². The van der Waals surface area contributed by atoms with Crippen LogP contribution in [0.2, 0.25) is 0 Å². The molecule has 0 rings (SSSR count). The van der Waals surface area contributed by atoms with Crippen molar-refractivity contribution < 1.29 is 13.6 Å². The highest BCUT2D eigenvalue weighted by Crippen LogP contribution is 2.54. The van der Waals surface area contributed by atoms with E-state index in [0.717, 1.165) is 0 Å². The summed E-state index contributed by atoms with van der Waals surface area (Å²) in [6.07, 6.45) is 0. The van der Waals surface area contributed by atoms with E-state index in [-0.39, 0.29) is 0 Å². The standard InChI is InChI=1S/C9H15Br6O3P/c1-7(13,4-10)16-19(17-8(2,14)5-11)18-9(3,15)6-12/h4-6H2,1-3H3. The van der Waals surface area contributed by atoms with Crippen LogP contribution in [-0.4, -0.2) is 29.5 Å². The zero-order valence-electron chi connectivity index (χ0n) is 10.6. The van der Waals surface area contributed by atoms with Crippen LogP contribution >= 0.6 is 104 Å². The van der Waals surface area contributed by atoms with E-state index in [4.69, 9.17) is 13.6 Å². The monoisotopic (exact) mass is 676 g/mol. The predicted octanol–water partition coefficient (Wildman–Crippen LogP) is 6.78. The lowest BCUT2D eigenvalue weighted by Crippen LogP contribution is -2.29. The highest BCUT2D eigenvalue weighted by molar-refractivity contribution is 9.13. The fourth-order valence-corrected chi connectivity index (χ4v) is 3.77. The Labute approximate surface area is 166 Å². The summed E-state index contributed by atoms with van der Waals surface area (Å²) in [4.78, 5) is 0. The molecule has 19 heavy (non-hydrogen) atoms. The lowest BCUT2D eigenvalue weighted by molar-refractivity contribution is 0.0753. The molecule has 0 bridgehead atoms. The van der Waals surface area contributed by atoms with Crippen LogP contribution in [0.1, 0.15) is 20.8 Å². The summed E-state index contributed by atoms with van der Waals surface area (Å²) in [6.45, 7) is 5.68. The first-order chi connectivity index (χ1) is 8.47. The molecular formula is C9H15Br6O3P. The Morgan fingerprint density at radius 1 is 0.684 bits per heavy atom. The highest BCUT2D eigenvalue weighted by Gasteiger charge is 2.37. The van der Waals surface area contributed by atoms with Gasteiger partial charge in [-0.1, -0.05) is 95.6 Å². The molecule has 0 saturated carbocycles. The minimum absolute atomic E-state index is 0.566. The first-order valence-electron chi connectivity index (χ1n) is 5.09. The summed E-state index contributed by atoms with van der Waals surface area (Å²) in [5, 5.41) is 1.81. The van der Waals surface area contributed by atoms with Crippen LogP contribution in [0.3, 0.4) is 0 Å². The zero-order chi connectivity index (χ0) is 15.3. The van der Waals surface area contributed by atoms with Crippen molar-refractivity contribution in [2.24, 2.45) is 0 Å². The topological polar surface area (TPSA) is 27.7 Å². The Hall–Kier alpha value is 3.19. The van der Waals surface area contributed by atoms with Crippen molar-refractivity contribution in [1.29, 1.82) is 0 Å². The van der Waals surface area contributed by atoms with Gasteiger partial charge in [-0.3, -0.25) is 13.6 Å². The van der Waals surface area contributed by atoms with Gasteiger partial charge in [-0.15, -0.1) is 0 Å². The van der Waals surface area contributed by atoms with Crippen LogP contribution in [0.15, 0.2) is 0 Å². The third-order valence-corrected chi connectivity index (χ3v) is 10.7. The molecule has 0 N–H and O–H groups in total. The molecule has 0 heterocycles. The van der Waals surface area contributed by atoms with Crippen molar-refractivity contribution in [1.82, 2.24) is 0 Å². The van der Waals surface area contributed by atoms with E-state index in [9.17, 15) is 0 Å². The van der Waals surface area contributed by atoms with Gasteiger partial charge in [0.25, 0.3) is 0 Å². The Kier molecular flexibility index (Phi) is 11.1. The van der Waals surface area contributed by atoms with Gasteiger partial charge in [0.2, 0.25) is 0 Å². The van der Waals surface area contributed by atoms with E-state index >= 15 is 0 Å². The number of rotatable bonds is 9. The molecule has 0 amide bonds. The molecule has 3 unspecified atom stereocenters. The first kappa shape index (κ1) is 22.2. The minimum atomic E-state index is -1.57. The lowest BCUT2D eigenvalue weighted by Gasteiger charge is -2.33. The summed E-state index contributed by atoms with van der Waals surface area (Å²) in [6, 6.07) is 0. The van der Waals surface area contributed by atoms with Gasteiger partial charge < -0.3 is 0 Å². The average molecular weight is 682 g/mol. The van der Waals surface area contributed by atoms with Crippen LogP contribution in [0.5, 0.6) is 0 Å². The molecule has 0 radical (unpaired) electrons. The maximum atomic E-state index is 5.85. The Morgan fingerprint density at radius 2 is 0.895 bits per heavy atom. The van der Waals surface area contributed by atoms with Crippen molar-refractivity contribution in [2.75, 3.05) is 16.0 Å². The normalized spacial score (nSPS) is 23.2. The van der Waals surface area contributed by atoms with Crippen molar-refractivity contribution >= 4 is 104 Å². The van der Waals surface area contributed by atoms with Crippen LogP contribution in [0.4, 0.5) is 0 Å². The maximum Gasteiger partial charge on any atom is 0.336 e. The summed E-state index contributed by atoms with van der Waals surface area (Å²) >= 11 is 20.6. The molecule has 0 fully saturated rings. The SMILES string of the molecule is CC(Br)(CBr)OP(OC(C)(Br)CBr)OC(C)(Br)CBr. The second-order valence-corrected chi connectivity index (χ2v) is 11.9. The Balaban J connectivity index is 4.84.